The standard InChI is InChI=1S/C9H13N5S/c1-4-7-8(15-13-11-7)9-12-10-5-14(9)6(2)3/h5-6H,4H2,1-3H3. The van der Waals surface area contributed by atoms with Crippen LogP contribution in [-0.2, 0) is 6.42 Å². The zero-order valence-corrected chi connectivity index (χ0v) is 9.82. The highest BCUT2D eigenvalue weighted by Crippen LogP contribution is 2.26. The van der Waals surface area contributed by atoms with Crippen LogP contribution in [0.3, 0.4) is 0 Å². The molecule has 0 bridgehead atoms. The van der Waals surface area contributed by atoms with Crippen LogP contribution in [0.1, 0.15) is 32.5 Å². The molecule has 0 unspecified atom stereocenters. The Bertz CT molecular complexity index is 445. The Hall–Kier alpha value is -1.30. The SMILES string of the molecule is CCc1nnsc1-c1nncn1C(C)C. The second kappa shape index (κ2) is 4.06. The Morgan fingerprint density at radius 3 is 2.87 bits per heavy atom. The second-order valence-electron chi connectivity index (χ2n) is 3.56. The minimum absolute atomic E-state index is 0.349. The summed E-state index contributed by atoms with van der Waals surface area (Å²) in [6, 6.07) is 0.349. The highest BCUT2D eigenvalue weighted by molar-refractivity contribution is 7.09. The van der Waals surface area contributed by atoms with Crippen LogP contribution in [0.5, 0.6) is 0 Å². The van der Waals surface area contributed by atoms with E-state index in [9.17, 15) is 0 Å². The van der Waals surface area contributed by atoms with Crippen molar-refractivity contribution >= 4 is 11.5 Å². The fourth-order valence-corrected chi connectivity index (χ4v) is 2.13. The maximum absolute atomic E-state index is 4.13. The molecule has 6 heteroatoms. The van der Waals surface area contributed by atoms with Gasteiger partial charge in [0.15, 0.2) is 5.82 Å². The van der Waals surface area contributed by atoms with Crippen molar-refractivity contribution in [2.24, 2.45) is 0 Å². The molecule has 15 heavy (non-hydrogen) atoms. The highest BCUT2D eigenvalue weighted by atomic mass is 32.1. The number of aryl methyl sites for hydroxylation is 1. The lowest BCUT2D eigenvalue weighted by Gasteiger charge is -2.08. The zero-order chi connectivity index (χ0) is 10.8. The fourth-order valence-electron chi connectivity index (χ4n) is 1.39. The molecule has 0 spiro atoms. The molecule has 0 aliphatic heterocycles. The predicted molar refractivity (Wildman–Crippen MR) is 58.7 cm³/mol. The van der Waals surface area contributed by atoms with Gasteiger partial charge in [-0.3, -0.25) is 0 Å². The van der Waals surface area contributed by atoms with Crippen LogP contribution in [0.25, 0.3) is 10.7 Å². The van der Waals surface area contributed by atoms with Crippen molar-refractivity contribution in [3.05, 3.63) is 12.0 Å². The molecule has 0 atom stereocenters. The van der Waals surface area contributed by atoms with E-state index in [0.29, 0.717) is 6.04 Å². The third-order valence-corrected chi connectivity index (χ3v) is 2.99. The van der Waals surface area contributed by atoms with Crippen molar-refractivity contribution in [2.75, 3.05) is 0 Å². The third kappa shape index (κ3) is 1.77. The maximum Gasteiger partial charge on any atom is 0.177 e. The minimum atomic E-state index is 0.349. The van der Waals surface area contributed by atoms with E-state index in [1.54, 1.807) is 6.33 Å². The summed E-state index contributed by atoms with van der Waals surface area (Å²) in [5, 5.41) is 12.1. The Labute approximate surface area is 92.3 Å². The van der Waals surface area contributed by atoms with E-state index in [-0.39, 0.29) is 0 Å². The molecule has 0 aliphatic rings. The summed E-state index contributed by atoms with van der Waals surface area (Å²) in [6.07, 6.45) is 2.62. The molecule has 80 valence electrons. The van der Waals surface area contributed by atoms with Gasteiger partial charge in [-0.15, -0.1) is 15.3 Å². The van der Waals surface area contributed by atoms with Crippen LogP contribution in [0.2, 0.25) is 0 Å². The summed E-state index contributed by atoms with van der Waals surface area (Å²) in [6.45, 7) is 6.27. The predicted octanol–water partition coefficient (Wildman–Crippen LogP) is 1.94. The van der Waals surface area contributed by atoms with E-state index in [1.165, 1.54) is 11.5 Å². The van der Waals surface area contributed by atoms with Crippen LogP contribution in [0.15, 0.2) is 6.33 Å². The van der Waals surface area contributed by atoms with E-state index in [2.05, 4.69) is 40.6 Å². The molecule has 0 aliphatic carbocycles. The summed E-state index contributed by atoms with van der Waals surface area (Å²) in [5.74, 6) is 0.872. The molecule has 0 radical (unpaired) electrons. The van der Waals surface area contributed by atoms with E-state index in [4.69, 9.17) is 0 Å². The monoisotopic (exact) mass is 223 g/mol. The molecule has 2 rings (SSSR count). The van der Waals surface area contributed by atoms with Gasteiger partial charge in [-0.25, -0.2) is 0 Å². The van der Waals surface area contributed by atoms with Crippen molar-refractivity contribution < 1.29 is 0 Å². The first-order chi connectivity index (χ1) is 7.24. The summed E-state index contributed by atoms with van der Waals surface area (Å²) in [5.41, 5.74) is 0.995. The summed E-state index contributed by atoms with van der Waals surface area (Å²) < 4.78 is 6.00. The largest absolute Gasteiger partial charge is 0.310 e. The van der Waals surface area contributed by atoms with Gasteiger partial charge in [0.2, 0.25) is 0 Å². The number of nitrogens with zero attached hydrogens (tertiary/aromatic N) is 5. The molecule has 0 saturated heterocycles. The Kier molecular flexibility index (Phi) is 2.77. The van der Waals surface area contributed by atoms with Crippen LogP contribution in [-0.4, -0.2) is 24.4 Å². The maximum atomic E-state index is 4.13. The van der Waals surface area contributed by atoms with Crippen LogP contribution >= 0.6 is 11.5 Å². The van der Waals surface area contributed by atoms with E-state index < -0.39 is 0 Å². The van der Waals surface area contributed by atoms with Gasteiger partial charge in [-0.1, -0.05) is 11.4 Å². The molecular formula is C9H13N5S. The van der Waals surface area contributed by atoms with Gasteiger partial charge in [0.05, 0.1) is 5.69 Å². The van der Waals surface area contributed by atoms with E-state index in [1.807, 2.05) is 4.57 Å². The Morgan fingerprint density at radius 2 is 2.20 bits per heavy atom. The van der Waals surface area contributed by atoms with Gasteiger partial charge in [-0.2, -0.15) is 0 Å². The van der Waals surface area contributed by atoms with Gasteiger partial charge in [0, 0.05) is 6.04 Å². The molecule has 0 N–H and O–H groups in total. The lowest BCUT2D eigenvalue weighted by Crippen LogP contribution is -2.02. The summed E-state index contributed by atoms with van der Waals surface area (Å²) >= 11 is 1.38. The molecule has 2 aromatic heterocycles. The number of hydrogen-bond acceptors (Lipinski definition) is 5. The van der Waals surface area contributed by atoms with Gasteiger partial charge in [-0.05, 0) is 31.8 Å². The molecule has 2 aromatic rings. The molecule has 0 fully saturated rings. The van der Waals surface area contributed by atoms with Crippen molar-refractivity contribution in [3.8, 4) is 10.7 Å². The van der Waals surface area contributed by atoms with Gasteiger partial charge in [0.1, 0.15) is 11.2 Å². The van der Waals surface area contributed by atoms with Gasteiger partial charge >= 0.3 is 0 Å². The highest BCUT2D eigenvalue weighted by Gasteiger charge is 2.16. The Balaban J connectivity index is 2.49. The van der Waals surface area contributed by atoms with Crippen LogP contribution in [0.4, 0.5) is 0 Å². The lowest BCUT2D eigenvalue weighted by molar-refractivity contribution is 0.604. The average Bonchev–Trinajstić information content (AvgIpc) is 2.85. The van der Waals surface area contributed by atoms with E-state index >= 15 is 0 Å². The quantitative estimate of drug-likeness (QED) is 0.798. The first kappa shape index (κ1) is 10.2. The minimum Gasteiger partial charge on any atom is -0.310 e. The van der Waals surface area contributed by atoms with Crippen molar-refractivity contribution in [3.63, 3.8) is 0 Å². The van der Waals surface area contributed by atoms with Gasteiger partial charge < -0.3 is 4.57 Å². The van der Waals surface area contributed by atoms with Crippen LogP contribution < -0.4 is 0 Å². The lowest BCUT2D eigenvalue weighted by atomic mass is 10.3. The van der Waals surface area contributed by atoms with E-state index in [0.717, 1.165) is 22.8 Å². The van der Waals surface area contributed by atoms with Gasteiger partial charge in [0.25, 0.3) is 0 Å². The average molecular weight is 223 g/mol. The molecule has 2 heterocycles. The molecule has 0 saturated carbocycles. The third-order valence-electron chi connectivity index (χ3n) is 2.22. The summed E-state index contributed by atoms with van der Waals surface area (Å²) in [7, 11) is 0. The first-order valence-electron chi connectivity index (χ1n) is 4.95. The fraction of sp³-hybridized carbons (Fsp3) is 0.556. The second-order valence-corrected chi connectivity index (χ2v) is 4.31. The topological polar surface area (TPSA) is 56.5 Å². The Morgan fingerprint density at radius 1 is 1.40 bits per heavy atom. The zero-order valence-electron chi connectivity index (χ0n) is 9.01. The normalized spacial score (nSPS) is 11.2. The first-order valence-corrected chi connectivity index (χ1v) is 5.72. The van der Waals surface area contributed by atoms with Crippen molar-refractivity contribution in [1.82, 2.24) is 24.4 Å². The van der Waals surface area contributed by atoms with Crippen molar-refractivity contribution in [2.45, 2.75) is 33.2 Å². The number of hydrogen-bond donors (Lipinski definition) is 0. The molecule has 0 amide bonds. The summed E-state index contributed by atoms with van der Waals surface area (Å²) in [4.78, 5) is 1.03. The number of rotatable bonds is 3. The molecule has 5 nitrogen and oxygen atoms in total. The van der Waals surface area contributed by atoms with Crippen molar-refractivity contribution in [1.29, 1.82) is 0 Å². The molecular weight excluding hydrogens is 210 g/mol. The number of aromatic nitrogens is 5. The van der Waals surface area contributed by atoms with Crippen LogP contribution in [0, 0.1) is 0 Å². The molecule has 0 aromatic carbocycles. The smallest absolute Gasteiger partial charge is 0.177 e.